The second-order valence-electron chi connectivity index (χ2n) is 10.2. The number of halogens is 1. The van der Waals surface area contributed by atoms with Crippen molar-refractivity contribution in [2.75, 3.05) is 38.2 Å². The van der Waals surface area contributed by atoms with Crippen LogP contribution in [0.25, 0.3) is 17.0 Å². The molecule has 1 spiro atoms. The predicted molar refractivity (Wildman–Crippen MR) is 148 cm³/mol. The Hall–Kier alpha value is -2.94. The van der Waals surface area contributed by atoms with Crippen LogP contribution in [0.5, 0.6) is 5.75 Å². The van der Waals surface area contributed by atoms with Crippen molar-refractivity contribution >= 4 is 28.8 Å². The largest absolute Gasteiger partial charge is 0.491 e. The number of anilines is 1. The molecular formula is C28H36ClN5O3. The Morgan fingerprint density at radius 1 is 1.30 bits per heavy atom. The molecule has 1 aliphatic carbocycles. The van der Waals surface area contributed by atoms with E-state index in [1.54, 1.807) is 32.2 Å². The van der Waals surface area contributed by atoms with Gasteiger partial charge in [0.1, 0.15) is 24.3 Å². The number of nitrogens with one attached hydrogen (secondary N) is 1. The minimum absolute atomic E-state index is 0.126. The van der Waals surface area contributed by atoms with Crippen molar-refractivity contribution in [3.05, 3.63) is 52.3 Å². The van der Waals surface area contributed by atoms with Crippen molar-refractivity contribution < 1.29 is 14.6 Å². The molecule has 198 valence electrons. The number of nitrogens with two attached hydrogens (primary N) is 1. The lowest BCUT2D eigenvalue weighted by atomic mass is 9.71. The van der Waals surface area contributed by atoms with Crippen LogP contribution in [0.4, 0.5) is 5.82 Å². The van der Waals surface area contributed by atoms with Crippen LogP contribution in [0, 0.1) is 12.3 Å². The molecule has 37 heavy (non-hydrogen) atoms. The first-order chi connectivity index (χ1) is 17.6. The van der Waals surface area contributed by atoms with Crippen LogP contribution in [0.3, 0.4) is 0 Å². The molecule has 4 N–H and O–H groups in total. The first-order valence-electron chi connectivity index (χ1n) is 12.7. The number of rotatable bonds is 9. The number of aromatic nitrogens is 2. The van der Waals surface area contributed by atoms with Crippen molar-refractivity contribution in [3.8, 4) is 17.1 Å². The van der Waals surface area contributed by atoms with E-state index in [0.29, 0.717) is 45.7 Å². The quantitative estimate of drug-likeness (QED) is 0.334. The number of hydrogen-bond donors (Lipinski definition) is 3. The summed E-state index contributed by atoms with van der Waals surface area (Å²) in [6.07, 6.45) is 7.21. The Balaban J connectivity index is 1.76. The molecule has 1 fully saturated rings. The van der Waals surface area contributed by atoms with Gasteiger partial charge in [0.2, 0.25) is 0 Å². The van der Waals surface area contributed by atoms with Gasteiger partial charge in [-0.2, -0.15) is 0 Å². The first kappa shape index (κ1) is 27.1. The van der Waals surface area contributed by atoms with Gasteiger partial charge in [0.15, 0.2) is 11.6 Å². The fourth-order valence-electron chi connectivity index (χ4n) is 5.20. The summed E-state index contributed by atoms with van der Waals surface area (Å²) in [6, 6.07) is 5.24. The maximum atomic E-state index is 12.6. The van der Waals surface area contributed by atoms with Crippen LogP contribution < -0.4 is 20.7 Å². The number of aliphatic hydroxyl groups is 1. The number of hydrogen-bond acceptors (Lipinski definition) is 8. The Kier molecular flexibility index (Phi) is 8.21. The highest BCUT2D eigenvalue weighted by Crippen LogP contribution is 2.45. The second-order valence-corrected chi connectivity index (χ2v) is 10.6. The van der Waals surface area contributed by atoms with Gasteiger partial charge in [-0.15, -0.1) is 0 Å². The number of benzene rings is 1. The maximum Gasteiger partial charge on any atom is 0.163 e. The van der Waals surface area contributed by atoms with Gasteiger partial charge >= 0.3 is 0 Å². The molecule has 0 unspecified atom stereocenters. The highest BCUT2D eigenvalue weighted by Gasteiger charge is 2.43. The zero-order valence-corrected chi connectivity index (χ0v) is 22.7. The zero-order valence-electron chi connectivity index (χ0n) is 22.0. The van der Waals surface area contributed by atoms with Gasteiger partial charge in [-0.25, -0.2) is 9.97 Å². The lowest BCUT2D eigenvalue weighted by Gasteiger charge is -2.52. The Morgan fingerprint density at radius 2 is 2.05 bits per heavy atom. The Bertz CT molecular complexity index is 1230. The Morgan fingerprint density at radius 3 is 2.68 bits per heavy atom. The molecule has 8 nitrogen and oxygen atoms in total. The highest BCUT2D eigenvalue weighted by molar-refractivity contribution is 6.33. The third-order valence-corrected chi connectivity index (χ3v) is 7.40. The summed E-state index contributed by atoms with van der Waals surface area (Å²) in [7, 11) is 1.77. The van der Waals surface area contributed by atoms with Crippen molar-refractivity contribution in [1.82, 2.24) is 15.3 Å². The molecule has 1 aliphatic heterocycles. The van der Waals surface area contributed by atoms with E-state index >= 15 is 0 Å². The predicted octanol–water partition coefficient (Wildman–Crippen LogP) is 3.89. The van der Waals surface area contributed by atoms with Gasteiger partial charge in [-0.05, 0) is 65.3 Å². The topological polar surface area (TPSA) is 114 Å². The lowest BCUT2D eigenvalue weighted by Crippen LogP contribution is -2.57. The van der Waals surface area contributed by atoms with Gasteiger partial charge < -0.3 is 25.8 Å². The lowest BCUT2D eigenvalue weighted by molar-refractivity contribution is -0.111. The molecular weight excluding hydrogens is 490 g/mol. The molecule has 9 heteroatoms. The fourth-order valence-corrected chi connectivity index (χ4v) is 5.41. The van der Waals surface area contributed by atoms with Gasteiger partial charge in [0.05, 0.1) is 16.3 Å². The molecule has 2 aromatic rings. The number of Topliss-reactive ketones (excluding diaryl/α,β-unsaturated/α-hetero) is 1. The number of allylic oxidation sites excluding steroid dienone is 4. The standard InChI is InChI=1S/C28H36ClN5O3/c1-17-25(24(18(2)30)19(3)35)32-26(33-27(17)34-15-28(16-34)10-6-5-7-11-28)22-12-21(8-9-23(22)29)37-14-20(36)13-31-4/h5-6,8-9,12,20,31,36H,7,10-11,13-16,30H2,1-4H3/t20-/m1/s1. The summed E-state index contributed by atoms with van der Waals surface area (Å²) in [5.41, 5.74) is 9.14. The minimum atomic E-state index is -0.651. The van der Waals surface area contributed by atoms with E-state index in [4.69, 9.17) is 32.0 Å². The third-order valence-electron chi connectivity index (χ3n) is 7.08. The number of likely N-dealkylation sites (N-methyl/N-ethyl adjacent to an activating group) is 1. The van der Waals surface area contributed by atoms with Gasteiger partial charge in [0.25, 0.3) is 0 Å². The molecule has 0 saturated carbocycles. The molecule has 2 aliphatic rings. The number of nitrogens with zero attached hydrogens (tertiary/aromatic N) is 3. The molecule has 0 radical (unpaired) electrons. The fraction of sp³-hybridized carbons (Fsp3) is 0.464. The SMILES string of the molecule is CNC[C@@H](O)COc1ccc(Cl)c(-c2nc(C(C(C)=O)=C(C)N)c(C)c(N3CC4(CC=CCC4)C3)n2)c1. The van der Waals surface area contributed by atoms with Crippen molar-refractivity contribution in [1.29, 1.82) is 0 Å². The molecule has 1 aromatic carbocycles. The molecule has 4 rings (SSSR count). The molecule has 0 bridgehead atoms. The van der Waals surface area contributed by atoms with Crippen LogP contribution in [-0.4, -0.2) is 60.3 Å². The number of ether oxygens (including phenoxy) is 1. The van der Waals surface area contributed by atoms with E-state index in [1.807, 2.05) is 6.92 Å². The molecule has 1 atom stereocenters. The summed E-state index contributed by atoms with van der Waals surface area (Å²) in [5.74, 6) is 1.56. The van der Waals surface area contributed by atoms with E-state index in [9.17, 15) is 9.90 Å². The van der Waals surface area contributed by atoms with E-state index in [0.717, 1.165) is 43.7 Å². The smallest absolute Gasteiger partial charge is 0.163 e. The molecule has 2 heterocycles. The maximum absolute atomic E-state index is 12.6. The summed E-state index contributed by atoms with van der Waals surface area (Å²) in [4.78, 5) is 24.6. The average Bonchev–Trinajstić information content (AvgIpc) is 2.83. The normalized spacial score (nSPS) is 17.8. The van der Waals surface area contributed by atoms with E-state index in [2.05, 4.69) is 22.4 Å². The molecule has 0 amide bonds. The van der Waals surface area contributed by atoms with Crippen molar-refractivity contribution in [3.63, 3.8) is 0 Å². The number of aliphatic hydroxyl groups excluding tert-OH is 1. The van der Waals surface area contributed by atoms with Gasteiger partial charge in [-0.1, -0.05) is 23.8 Å². The average molecular weight is 526 g/mol. The summed E-state index contributed by atoms with van der Waals surface area (Å²) < 4.78 is 5.80. The summed E-state index contributed by atoms with van der Waals surface area (Å²) >= 11 is 6.62. The van der Waals surface area contributed by atoms with Gasteiger partial charge in [-0.3, -0.25) is 4.79 Å². The van der Waals surface area contributed by atoms with Crippen LogP contribution in [0.2, 0.25) is 5.02 Å². The summed E-state index contributed by atoms with van der Waals surface area (Å²) in [6.45, 7) is 7.49. The number of carbonyl (C=O) groups excluding carboxylic acids is 1. The van der Waals surface area contributed by atoms with Crippen LogP contribution in [-0.2, 0) is 4.79 Å². The molecule has 1 aromatic heterocycles. The number of carbonyl (C=O) groups is 1. The zero-order chi connectivity index (χ0) is 26.7. The van der Waals surface area contributed by atoms with Crippen LogP contribution in [0.1, 0.15) is 44.4 Å². The molecule has 1 saturated heterocycles. The van der Waals surface area contributed by atoms with Crippen molar-refractivity contribution in [2.24, 2.45) is 11.1 Å². The summed E-state index contributed by atoms with van der Waals surface area (Å²) in [5, 5.41) is 13.4. The second kappa shape index (κ2) is 11.2. The minimum Gasteiger partial charge on any atom is -0.491 e. The van der Waals surface area contributed by atoms with E-state index < -0.39 is 6.10 Å². The van der Waals surface area contributed by atoms with Crippen molar-refractivity contribution in [2.45, 2.75) is 46.1 Å². The Labute approximate surface area is 223 Å². The van der Waals surface area contributed by atoms with Crippen LogP contribution in [0.15, 0.2) is 36.0 Å². The third kappa shape index (κ3) is 5.81. The first-order valence-corrected chi connectivity index (χ1v) is 13.0. The van der Waals surface area contributed by atoms with E-state index in [-0.39, 0.29) is 17.8 Å². The number of ketones is 1. The van der Waals surface area contributed by atoms with Crippen LogP contribution >= 0.6 is 11.6 Å². The highest BCUT2D eigenvalue weighted by atomic mass is 35.5. The monoisotopic (exact) mass is 525 g/mol. The van der Waals surface area contributed by atoms with E-state index in [1.165, 1.54) is 6.92 Å². The van der Waals surface area contributed by atoms with Gasteiger partial charge in [0, 0.05) is 41.9 Å².